The van der Waals surface area contributed by atoms with Crippen molar-refractivity contribution < 1.29 is 14.7 Å². The van der Waals surface area contributed by atoms with Crippen LogP contribution in [0.4, 0.5) is 0 Å². The standard InChI is InChI=1S/C17H25N3O3/c1-13(14-6-4-3-5-7-14)19-15(21)11-20-9-8-17(2,12-20)18-10-16(22)23/h3-7,13,18H,8-12H2,1-2H3,(H,19,21)(H,22,23)/t13-,17-/m1/s1. The summed E-state index contributed by atoms with van der Waals surface area (Å²) in [5, 5.41) is 14.8. The first-order valence-corrected chi connectivity index (χ1v) is 7.91. The summed E-state index contributed by atoms with van der Waals surface area (Å²) >= 11 is 0. The summed E-state index contributed by atoms with van der Waals surface area (Å²) in [6.07, 6.45) is 0.835. The SMILES string of the molecule is C[C@@H](NC(=O)CN1CC[C@@](C)(NCC(=O)O)C1)c1ccccc1. The van der Waals surface area contributed by atoms with Crippen molar-refractivity contribution in [3.05, 3.63) is 35.9 Å². The molecule has 1 aromatic carbocycles. The average molecular weight is 319 g/mol. The lowest BCUT2D eigenvalue weighted by molar-refractivity contribution is -0.136. The maximum atomic E-state index is 12.2. The van der Waals surface area contributed by atoms with Gasteiger partial charge in [0.05, 0.1) is 19.1 Å². The predicted molar refractivity (Wildman–Crippen MR) is 88.1 cm³/mol. The second kappa shape index (κ2) is 7.57. The van der Waals surface area contributed by atoms with E-state index in [4.69, 9.17) is 5.11 Å². The van der Waals surface area contributed by atoms with Crippen molar-refractivity contribution in [3.8, 4) is 0 Å². The Labute approximate surface area is 136 Å². The first kappa shape index (κ1) is 17.4. The third kappa shape index (κ3) is 5.33. The van der Waals surface area contributed by atoms with Gasteiger partial charge in [-0.3, -0.25) is 14.5 Å². The van der Waals surface area contributed by atoms with Crippen molar-refractivity contribution in [2.75, 3.05) is 26.2 Å². The number of nitrogens with zero attached hydrogens (tertiary/aromatic N) is 1. The number of likely N-dealkylation sites (tertiary alicyclic amines) is 1. The van der Waals surface area contributed by atoms with Gasteiger partial charge in [0, 0.05) is 18.6 Å². The quantitative estimate of drug-likeness (QED) is 0.698. The van der Waals surface area contributed by atoms with E-state index < -0.39 is 5.97 Å². The molecule has 23 heavy (non-hydrogen) atoms. The zero-order valence-corrected chi connectivity index (χ0v) is 13.7. The molecule has 3 N–H and O–H groups in total. The van der Waals surface area contributed by atoms with Gasteiger partial charge in [-0.05, 0) is 25.8 Å². The first-order chi connectivity index (χ1) is 10.9. The summed E-state index contributed by atoms with van der Waals surface area (Å²) in [5.41, 5.74) is 0.833. The van der Waals surface area contributed by atoms with Crippen LogP contribution in [0.15, 0.2) is 30.3 Å². The Morgan fingerprint density at radius 1 is 1.35 bits per heavy atom. The van der Waals surface area contributed by atoms with Crippen LogP contribution in [0.2, 0.25) is 0 Å². The summed E-state index contributed by atoms with van der Waals surface area (Å²) in [5.74, 6) is -0.872. The molecule has 0 saturated carbocycles. The number of nitrogens with one attached hydrogen (secondary N) is 2. The van der Waals surface area contributed by atoms with Gasteiger partial charge in [-0.25, -0.2) is 0 Å². The van der Waals surface area contributed by atoms with Crippen molar-refractivity contribution in [2.24, 2.45) is 0 Å². The first-order valence-electron chi connectivity index (χ1n) is 7.91. The Kier molecular flexibility index (Phi) is 5.74. The molecule has 2 atom stereocenters. The smallest absolute Gasteiger partial charge is 0.317 e. The highest BCUT2D eigenvalue weighted by atomic mass is 16.4. The molecule has 6 heteroatoms. The molecule has 1 heterocycles. The topological polar surface area (TPSA) is 81.7 Å². The van der Waals surface area contributed by atoms with Crippen LogP contribution in [0.25, 0.3) is 0 Å². The number of carboxylic acids is 1. The predicted octanol–water partition coefficient (Wildman–Crippen LogP) is 1.00. The second-order valence-corrected chi connectivity index (χ2v) is 6.47. The van der Waals surface area contributed by atoms with Crippen LogP contribution >= 0.6 is 0 Å². The molecular formula is C17H25N3O3. The Bertz CT molecular complexity index is 549. The van der Waals surface area contributed by atoms with E-state index in [1.165, 1.54) is 0 Å². The number of aliphatic carboxylic acids is 1. The van der Waals surface area contributed by atoms with Gasteiger partial charge in [-0.15, -0.1) is 0 Å². The molecule has 1 aliphatic rings. The van der Waals surface area contributed by atoms with Crippen LogP contribution in [0.3, 0.4) is 0 Å². The lowest BCUT2D eigenvalue weighted by Crippen LogP contribution is -2.47. The number of carbonyl (C=O) groups excluding carboxylic acids is 1. The van der Waals surface area contributed by atoms with Crippen molar-refractivity contribution in [1.29, 1.82) is 0 Å². The number of hydrogen-bond acceptors (Lipinski definition) is 4. The Morgan fingerprint density at radius 2 is 2.04 bits per heavy atom. The Morgan fingerprint density at radius 3 is 2.70 bits per heavy atom. The number of carboxylic acid groups (broad SMARTS) is 1. The zero-order chi connectivity index (χ0) is 16.9. The average Bonchev–Trinajstić information content (AvgIpc) is 2.87. The molecule has 0 bridgehead atoms. The second-order valence-electron chi connectivity index (χ2n) is 6.47. The summed E-state index contributed by atoms with van der Waals surface area (Å²) in [6, 6.07) is 9.83. The lowest BCUT2D eigenvalue weighted by Gasteiger charge is -2.25. The number of hydrogen-bond donors (Lipinski definition) is 3. The maximum Gasteiger partial charge on any atom is 0.317 e. The number of carbonyl (C=O) groups is 2. The number of rotatable bonds is 7. The van der Waals surface area contributed by atoms with Gasteiger partial charge in [0.25, 0.3) is 0 Å². The van der Waals surface area contributed by atoms with Crippen molar-refractivity contribution in [1.82, 2.24) is 15.5 Å². The van der Waals surface area contributed by atoms with Crippen LogP contribution < -0.4 is 10.6 Å². The van der Waals surface area contributed by atoms with Gasteiger partial charge < -0.3 is 15.7 Å². The molecule has 0 spiro atoms. The molecule has 126 valence electrons. The third-order valence-corrected chi connectivity index (χ3v) is 4.26. The summed E-state index contributed by atoms with van der Waals surface area (Å²) in [7, 11) is 0. The number of amides is 1. The molecule has 6 nitrogen and oxygen atoms in total. The van der Waals surface area contributed by atoms with Crippen LogP contribution in [0.5, 0.6) is 0 Å². The maximum absolute atomic E-state index is 12.2. The largest absolute Gasteiger partial charge is 0.480 e. The fraction of sp³-hybridized carbons (Fsp3) is 0.529. The van der Waals surface area contributed by atoms with E-state index in [9.17, 15) is 9.59 Å². The fourth-order valence-corrected chi connectivity index (χ4v) is 2.94. The van der Waals surface area contributed by atoms with Gasteiger partial charge in [0.15, 0.2) is 0 Å². The molecule has 0 aromatic heterocycles. The molecule has 1 fully saturated rings. The highest BCUT2D eigenvalue weighted by Crippen LogP contribution is 2.20. The number of benzene rings is 1. The molecule has 1 saturated heterocycles. The molecular weight excluding hydrogens is 294 g/mol. The van der Waals surface area contributed by atoms with Crippen LogP contribution in [0, 0.1) is 0 Å². The molecule has 1 amide bonds. The van der Waals surface area contributed by atoms with Gasteiger partial charge in [-0.1, -0.05) is 30.3 Å². The molecule has 1 aromatic rings. The van der Waals surface area contributed by atoms with E-state index in [-0.39, 0.29) is 24.0 Å². The summed E-state index contributed by atoms with van der Waals surface area (Å²) in [4.78, 5) is 24.9. The van der Waals surface area contributed by atoms with Crippen molar-refractivity contribution in [3.63, 3.8) is 0 Å². The fourth-order valence-electron chi connectivity index (χ4n) is 2.94. The van der Waals surface area contributed by atoms with Crippen molar-refractivity contribution in [2.45, 2.75) is 31.8 Å². The van der Waals surface area contributed by atoms with E-state index in [1.54, 1.807) is 0 Å². The highest BCUT2D eigenvalue weighted by Gasteiger charge is 2.34. The van der Waals surface area contributed by atoms with E-state index in [0.717, 1.165) is 18.5 Å². The minimum atomic E-state index is -0.862. The minimum Gasteiger partial charge on any atom is -0.480 e. The molecule has 0 unspecified atom stereocenters. The van der Waals surface area contributed by atoms with Gasteiger partial charge in [0.1, 0.15) is 0 Å². The molecule has 0 aliphatic carbocycles. The van der Waals surface area contributed by atoms with E-state index in [1.807, 2.05) is 44.2 Å². The van der Waals surface area contributed by atoms with Gasteiger partial charge in [-0.2, -0.15) is 0 Å². The molecule has 0 radical (unpaired) electrons. The van der Waals surface area contributed by atoms with Gasteiger partial charge >= 0.3 is 5.97 Å². The monoisotopic (exact) mass is 319 g/mol. The van der Waals surface area contributed by atoms with E-state index in [0.29, 0.717) is 13.1 Å². The van der Waals surface area contributed by atoms with Crippen molar-refractivity contribution >= 4 is 11.9 Å². The minimum absolute atomic E-state index is 0.0103. The van der Waals surface area contributed by atoms with E-state index >= 15 is 0 Å². The van der Waals surface area contributed by atoms with Gasteiger partial charge in [0.2, 0.25) is 5.91 Å². The van der Waals surface area contributed by atoms with E-state index in [2.05, 4.69) is 15.5 Å². The van der Waals surface area contributed by atoms with Crippen LogP contribution in [-0.2, 0) is 9.59 Å². The lowest BCUT2D eigenvalue weighted by atomic mass is 10.0. The highest BCUT2D eigenvalue weighted by molar-refractivity contribution is 5.78. The molecule has 1 aliphatic heterocycles. The third-order valence-electron chi connectivity index (χ3n) is 4.26. The Hall–Kier alpha value is -1.92. The zero-order valence-electron chi connectivity index (χ0n) is 13.7. The molecule has 2 rings (SSSR count). The van der Waals surface area contributed by atoms with Crippen LogP contribution in [0.1, 0.15) is 31.9 Å². The summed E-state index contributed by atoms with van der Waals surface area (Å²) in [6.45, 7) is 5.71. The summed E-state index contributed by atoms with van der Waals surface area (Å²) < 4.78 is 0. The Balaban J connectivity index is 1.79. The normalized spacial score (nSPS) is 22.7. The van der Waals surface area contributed by atoms with Crippen LogP contribution in [-0.4, -0.2) is 53.6 Å².